The number of alkyl halides is 3. The Labute approximate surface area is 324 Å². The molecule has 56 heavy (non-hydrogen) atoms. The van der Waals surface area contributed by atoms with E-state index in [4.69, 9.17) is 23.2 Å². The lowest BCUT2D eigenvalue weighted by Crippen LogP contribution is -2.53. The Balaban J connectivity index is 1.31. The van der Waals surface area contributed by atoms with Crippen molar-refractivity contribution in [2.24, 2.45) is 5.92 Å². The highest BCUT2D eigenvalue weighted by molar-refractivity contribution is 6.33. The van der Waals surface area contributed by atoms with Gasteiger partial charge in [0.2, 0.25) is 0 Å². The van der Waals surface area contributed by atoms with E-state index in [1.165, 1.54) is 15.4 Å². The number of amides is 2. The van der Waals surface area contributed by atoms with Crippen molar-refractivity contribution in [1.29, 1.82) is 0 Å². The smallest absolute Gasteiger partial charge is 0.417 e. The van der Waals surface area contributed by atoms with Crippen molar-refractivity contribution in [2.75, 3.05) is 5.43 Å². The van der Waals surface area contributed by atoms with Crippen LogP contribution in [0, 0.1) is 5.92 Å². The molecule has 2 N–H and O–H groups in total. The van der Waals surface area contributed by atoms with E-state index in [0.717, 1.165) is 9.58 Å². The van der Waals surface area contributed by atoms with Gasteiger partial charge in [-0.1, -0.05) is 89.9 Å². The molecule has 0 unspecified atom stereocenters. The fourth-order valence-electron chi connectivity index (χ4n) is 8.75. The average molecular weight is 800 g/mol. The first-order valence-corrected chi connectivity index (χ1v) is 18.1. The van der Waals surface area contributed by atoms with Crippen LogP contribution in [-0.2, 0) is 27.7 Å². The number of hydrazine groups is 1. The number of carbonyl (C=O) groups excluding carboxylic acids is 2. The minimum absolute atomic E-state index is 0.0310. The van der Waals surface area contributed by atoms with Gasteiger partial charge in [-0.3, -0.25) is 15.0 Å². The van der Waals surface area contributed by atoms with Gasteiger partial charge in [0.05, 0.1) is 40.2 Å². The maximum atomic E-state index is 15.5. The van der Waals surface area contributed by atoms with Gasteiger partial charge in [0.1, 0.15) is 5.75 Å². The molecule has 2 fully saturated rings. The van der Waals surface area contributed by atoms with Crippen LogP contribution in [0.4, 0.5) is 19.0 Å². The third-order valence-corrected chi connectivity index (χ3v) is 11.6. The number of anilines is 1. The molecule has 1 saturated heterocycles. The largest absolute Gasteiger partial charge is 0.507 e. The maximum Gasteiger partial charge on any atom is 0.417 e. The van der Waals surface area contributed by atoms with Crippen molar-refractivity contribution in [3.05, 3.63) is 163 Å². The van der Waals surface area contributed by atoms with E-state index in [0.29, 0.717) is 50.4 Å². The lowest BCUT2D eigenvalue weighted by Gasteiger charge is -2.49. The van der Waals surface area contributed by atoms with Gasteiger partial charge in [-0.05, 0) is 64.9 Å². The lowest BCUT2D eigenvalue weighted by atomic mass is 9.53. The molecule has 2 amide bonds. The van der Waals surface area contributed by atoms with Gasteiger partial charge in [0.15, 0.2) is 5.82 Å². The maximum absolute atomic E-state index is 15.5. The number of hydrogen-bond acceptors (Lipinski definition) is 7. The summed E-state index contributed by atoms with van der Waals surface area (Å²) in [4.78, 5) is 62.6. The van der Waals surface area contributed by atoms with Crippen molar-refractivity contribution >= 4 is 51.6 Å². The quantitative estimate of drug-likeness (QED) is 0.142. The van der Waals surface area contributed by atoms with E-state index >= 15 is 4.79 Å². The minimum Gasteiger partial charge on any atom is -0.507 e. The molecule has 9 rings (SSSR count). The third-order valence-electron chi connectivity index (χ3n) is 11.1. The van der Waals surface area contributed by atoms with Gasteiger partial charge in [0.25, 0.3) is 11.8 Å². The molecule has 6 aromatic rings. The number of imide groups is 1. The van der Waals surface area contributed by atoms with Gasteiger partial charge < -0.3 is 5.11 Å². The fraction of sp³-hybridized carbons (Fsp3) is 0.175. The summed E-state index contributed by atoms with van der Waals surface area (Å²) in [6, 6.07) is 24.7. The van der Waals surface area contributed by atoms with Crippen LogP contribution in [0.15, 0.2) is 124 Å². The monoisotopic (exact) mass is 798 g/mol. The number of fused-ring (bicyclic) bond motifs is 5. The second-order valence-electron chi connectivity index (χ2n) is 13.8. The van der Waals surface area contributed by atoms with Crippen molar-refractivity contribution in [2.45, 2.75) is 36.5 Å². The number of carbonyl (C=O) groups is 2. The number of pyridine rings is 1. The SMILES string of the molecule is O=C1[C@@H]2C[C@@H]3C(=CCn4c(=O)n(-c5ccccc5)c(=O)n43)[C@H](c3ccc(O)c4ccccc34)[C@]2(c2ccc(Cl)cc2)C(=O)N1Nc1ncc(C(F)(F)F)cc1Cl. The Morgan fingerprint density at radius 3 is 2.25 bits per heavy atom. The molecule has 1 aliphatic carbocycles. The third kappa shape index (κ3) is 5.08. The van der Waals surface area contributed by atoms with E-state index in [2.05, 4.69) is 10.4 Å². The Kier molecular flexibility index (Phi) is 8.08. The summed E-state index contributed by atoms with van der Waals surface area (Å²) in [6.07, 6.45) is -2.57. The molecule has 16 heteroatoms. The Bertz CT molecular complexity index is 2780. The number of allylic oxidation sites excluding steroid dienone is 2. The number of phenols is 1. The van der Waals surface area contributed by atoms with E-state index in [-0.39, 0.29) is 24.5 Å². The topological polar surface area (TPSA) is 131 Å². The van der Waals surface area contributed by atoms with Crippen LogP contribution < -0.4 is 16.8 Å². The first-order chi connectivity index (χ1) is 26.8. The number of aromatic hydroxyl groups is 1. The predicted octanol–water partition coefficient (Wildman–Crippen LogP) is 7.00. The summed E-state index contributed by atoms with van der Waals surface area (Å²) in [5.41, 5.74) is 0.294. The van der Waals surface area contributed by atoms with Gasteiger partial charge in [-0.2, -0.15) is 18.2 Å². The second kappa shape index (κ2) is 12.7. The summed E-state index contributed by atoms with van der Waals surface area (Å²) >= 11 is 12.6. The summed E-state index contributed by atoms with van der Waals surface area (Å²) < 4.78 is 44.3. The van der Waals surface area contributed by atoms with Crippen molar-refractivity contribution in [3.8, 4) is 11.4 Å². The molecule has 1 saturated carbocycles. The number of nitrogens with one attached hydrogen (secondary N) is 1. The Hall–Kier alpha value is -6.12. The minimum atomic E-state index is -4.76. The zero-order valence-corrected chi connectivity index (χ0v) is 30.3. The van der Waals surface area contributed by atoms with E-state index < -0.39 is 63.2 Å². The highest BCUT2D eigenvalue weighted by atomic mass is 35.5. The van der Waals surface area contributed by atoms with Gasteiger partial charge in [0, 0.05) is 22.5 Å². The zero-order valence-electron chi connectivity index (χ0n) is 28.7. The first-order valence-electron chi connectivity index (χ1n) is 17.4. The van der Waals surface area contributed by atoms with Crippen LogP contribution in [0.5, 0.6) is 5.75 Å². The number of aromatic nitrogens is 4. The molecule has 0 bridgehead atoms. The van der Waals surface area contributed by atoms with Gasteiger partial charge in [-0.15, -0.1) is 0 Å². The molecule has 2 aromatic heterocycles. The summed E-state index contributed by atoms with van der Waals surface area (Å²) in [5.74, 6) is -4.22. The average Bonchev–Trinajstić information content (AvgIpc) is 3.57. The van der Waals surface area contributed by atoms with Crippen LogP contribution >= 0.6 is 23.2 Å². The van der Waals surface area contributed by atoms with Crippen molar-refractivity contribution < 1.29 is 27.9 Å². The van der Waals surface area contributed by atoms with Crippen LogP contribution in [0.1, 0.15) is 35.1 Å². The molecular formula is C40H27Cl2F3N6O5. The normalized spacial score (nSPS) is 21.8. The van der Waals surface area contributed by atoms with Crippen LogP contribution in [0.2, 0.25) is 10.0 Å². The molecule has 0 spiro atoms. The molecule has 282 valence electrons. The molecule has 0 radical (unpaired) electrons. The molecule has 3 aliphatic rings. The zero-order chi connectivity index (χ0) is 39.3. The molecule has 4 atom stereocenters. The first kappa shape index (κ1) is 35.6. The number of rotatable bonds is 5. The number of phenolic OH excluding ortho intramolecular Hbond substituents is 1. The number of hydrogen-bond donors (Lipinski definition) is 2. The highest BCUT2D eigenvalue weighted by Crippen LogP contribution is 2.62. The molecule has 4 heterocycles. The van der Waals surface area contributed by atoms with Crippen molar-refractivity contribution in [1.82, 2.24) is 23.9 Å². The summed E-state index contributed by atoms with van der Waals surface area (Å²) in [6.45, 7) is -0.0528. The predicted molar refractivity (Wildman–Crippen MR) is 201 cm³/mol. The van der Waals surface area contributed by atoms with Crippen LogP contribution in [-0.4, -0.2) is 40.8 Å². The molecular weight excluding hydrogens is 772 g/mol. The standard InChI is InChI=1S/C40H27Cl2F3N6O5/c41-23-12-10-21(11-13-23)39-29(35(53)50(36(39)54)47-34-30(42)18-22(20-46-34)40(43,44)45)19-31-28(33(39)27-14-15-32(52)26-9-5-4-8-25(26)27)16-17-48-37(55)49(38(56)51(31)48)24-6-2-1-3-7-24/h1-16,18,20,29,31,33,52H,17,19H2,(H,46,47)/t29-,31+,33-,39+/m0/s1. The second-order valence-corrected chi connectivity index (χ2v) is 14.7. The van der Waals surface area contributed by atoms with E-state index in [1.54, 1.807) is 91.0 Å². The number of para-hydroxylation sites is 1. The molecule has 11 nitrogen and oxygen atoms in total. The Morgan fingerprint density at radius 2 is 1.55 bits per heavy atom. The summed E-state index contributed by atoms with van der Waals surface area (Å²) in [5, 5.41) is 12.6. The number of nitrogens with zero attached hydrogens (tertiary/aromatic N) is 5. The van der Waals surface area contributed by atoms with Crippen molar-refractivity contribution in [3.63, 3.8) is 0 Å². The van der Waals surface area contributed by atoms with Gasteiger partial charge >= 0.3 is 17.6 Å². The fourth-order valence-corrected chi connectivity index (χ4v) is 9.08. The summed E-state index contributed by atoms with van der Waals surface area (Å²) in [7, 11) is 0. The van der Waals surface area contributed by atoms with Crippen LogP contribution in [0.3, 0.4) is 0 Å². The van der Waals surface area contributed by atoms with Gasteiger partial charge in [-0.25, -0.2) is 28.5 Å². The van der Waals surface area contributed by atoms with Crippen LogP contribution in [0.25, 0.3) is 16.5 Å². The molecule has 2 aliphatic heterocycles. The highest BCUT2D eigenvalue weighted by Gasteiger charge is 2.69. The van der Waals surface area contributed by atoms with E-state index in [1.807, 2.05) is 0 Å². The van der Waals surface area contributed by atoms with E-state index in [9.17, 15) is 32.7 Å². The Morgan fingerprint density at radius 1 is 0.857 bits per heavy atom. The lowest BCUT2D eigenvalue weighted by molar-refractivity contribution is -0.139. The number of halogens is 5. The number of benzene rings is 4. The molecule has 4 aromatic carbocycles.